The molecule has 1 unspecified atom stereocenters. The van der Waals surface area contributed by atoms with Crippen molar-refractivity contribution in [2.75, 3.05) is 24.3 Å². The minimum atomic E-state index is -0.193. The van der Waals surface area contributed by atoms with Crippen LogP contribution in [0.2, 0.25) is 0 Å². The first kappa shape index (κ1) is 25.0. The molecule has 0 spiro atoms. The lowest BCUT2D eigenvalue weighted by Gasteiger charge is -2.20. The summed E-state index contributed by atoms with van der Waals surface area (Å²) in [5, 5.41) is 6.01. The van der Waals surface area contributed by atoms with Crippen molar-refractivity contribution in [3.8, 4) is 0 Å². The Bertz CT molecular complexity index is 1090. The van der Waals surface area contributed by atoms with Crippen LogP contribution in [-0.2, 0) is 6.42 Å². The molecule has 0 heterocycles. The standard InChI is InChI=1S/C29H35N3O2/c1-5-6-8-11-22-14-16-24(17-15-22)28(33)31-25-18-19-27(32(3)4)26(20-25)29(34)30-21(2)23-12-9-7-10-13-23/h7,9-10,12-21H,5-6,8,11H2,1-4H3,(H,30,34)(H,31,33). The Balaban J connectivity index is 1.73. The van der Waals surface area contributed by atoms with Gasteiger partial charge in [0.1, 0.15) is 0 Å². The van der Waals surface area contributed by atoms with Gasteiger partial charge in [-0.3, -0.25) is 9.59 Å². The molecule has 5 nitrogen and oxygen atoms in total. The van der Waals surface area contributed by atoms with Crippen molar-refractivity contribution >= 4 is 23.2 Å². The molecule has 0 bridgehead atoms. The molecule has 0 saturated heterocycles. The monoisotopic (exact) mass is 457 g/mol. The molecule has 0 fully saturated rings. The van der Waals surface area contributed by atoms with Crippen molar-refractivity contribution in [2.24, 2.45) is 0 Å². The number of hydrogen-bond acceptors (Lipinski definition) is 3. The van der Waals surface area contributed by atoms with E-state index >= 15 is 0 Å². The number of carbonyl (C=O) groups is 2. The Hall–Kier alpha value is -3.60. The smallest absolute Gasteiger partial charge is 0.255 e. The predicted molar refractivity (Wildman–Crippen MR) is 141 cm³/mol. The Morgan fingerprint density at radius 2 is 1.59 bits per heavy atom. The molecule has 0 aliphatic heterocycles. The molecule has 2 amide bonds. The van der Waals surface area contributed by atoms with Gasteiger partial charge >= 0.3 is 0 Å². The van der Waals surface area contributed by atoms with Gasteiger partial charge in [0.25, 0.3) is 11.8 Å². The van der Waals surface area contributed by atoms with Crippen LogP contribution in [0.1, 0.15) is 71.0 Å². The molecular weight excluding hydrogens is 422 g/mol. The summed E-state index contributed by atoms with van der Waals surface area (Å²) in [5.74, 6) is -0.380. The topological polar surface area (TPSA) is 61.4 Å². The van der Waals surface area contributed by atoms with Gasteiger partial charge in [-0.05, 0) is 61.2 Å². The van der Waals surface area contributed by atoms with Crippen molar-refractivity contribution in [3.63, 3.8) is 0 Å². The van der Waals surface area contributed by atoms with Crippen LogP contribution in [0, 0.1) is 0 Å². The highest BCUT2D eigenvalue weighted by Crippen LogP contribution is 2.25. The number of amides is 2. The largest absolute Gasteiger partial charge is 0.377 e. The highest BCUT2D eigenvalue weighted by molar-refractivity contribution is 6.06. The number of hydrogen-bond donors (Lipinski definition) is 2. The van der Waals surface area contributed by atoms with Gasteiger partial charge in [0.2, 0.25) is 0 Å². The summed E-state index contributed by atoms with van der Waals surface area (Å²) < 4.78 is 0. The van der Waals surface area contributed by atoms with Crippen LogP contribution in [0.3, 0.4) is 0 Å². The first-order chi connectivity index (χ1) is 16.4. The van der Waals surface area contributed by atoms with Gasteiger partial charge in [0.05, 0.1) is 11.6 Å². The zero-order chi connectivity index (χ0) is 24.5. The van der Waals surface area contributed by atoms with E-state index in [0.717, 1.165) is 24.1 Å². The van der Waals surface area contributed by atoms with Crippen molar-refractivity contribution in [1.29, 1.82) is 0 Å². The number of carbonyl (C=O) groups excluding carboxylic acids is 2. The molecule has 0 aliphatic carbocycles. The lowest BCUT2D eigenvalue weighted by Crippen LogP contribution is -2.28. The van der Waals surface area contributed by atoms with E-state index in [1.165, 1.54) is 18.4 Å². The van der Waals surface area contributed by atoms with E-state index in [4.69, 9.17) is 0 Å². The van der Waals surface area contributed by atoms with Gasteiger partial charge in [0, 0.05) is 31.0 Å². The maximum Gasteiger partial charge on any atom is 0.255 e. The van der Waals surface area contributed by atoms with E-state index in [2.05, 4.69) is 17.6 Å². The average Bonchev–Trinajstić information content (AvgIpc) is 2.85. The maximum absolute atomic E-state index is 13.2. The Kier molecular flexibility index (Phi) is 8.86. The van der Waals surface area contributed by atoms with Crippen LogP contribution in [0.15, 0.2) is 72.8 Å². The highest BCUT2D eigenvalue weighted by Gasteiger charge is 2.18. The van der Waals surface area contributed by atoms with Crippen molar-refractivity contribution in [3.05, 3.63) is 95.1 Å². The second kappa shape index (κ2) is 12.0. The van der Waals surface area contributed by atoms with Crippen LogP contribution in [0.5, 0.6) is 0 Å². The van der Waals surface area contributed by atoms with Gasteiger partial charge in [-0.25, -0.2) is 0 Å². The molecule has 3 rings (SSSR count). The number of unbranched alkanes of at least 4 members (excludes halogenated alkanes) is 2. The Labute approximate surface area is 203 Å². The lowest BCUT2D eigenvalue weighted by atomic mass is 10.0. The summed E-state index contributed by atoms with van der Waals surface area (Å²) in [5.41, 5.74) is 4.75. The van der Waals surface area contributed by atoms with E-state index in [1.807, 2.05) is 92.6 Å². The van der Waals surface area contributed by atoms with Crippen LogP contribution < -0.4 is 15.5 Å². The molecule has 2 N–H and O–H groups in total. The summed E-state index contributed by atoms with van der Waals surface area (Å²) >= 11 is 0. The van der Waals surface area contributed by atoms with Crippen LogP contribution in [-0.4, -0.2) is 25.9 Å². The van der Waals surface area contributed by atoms with E-state index in [1.54, 1.807) is 6.07 Å². The van der Waals surface area contributed by atoms with Gasteiger partial charge < -0.3 is 15.5 Å². The quantitative estimate of drug-likeness (QED) is 0.355. The average molecular weight is 458 g/mol. The summed E-state index contributed by atoms with van der Waals surface area (Å²) in [4.78, 5) is 27.9. The molecule has 34 heavy (non-hydrogen) atoms. The minimum Gasteiger partial charge on any atom is -0.377 e. The fourth-order valence-corrected chi connectivity index (χ4v) is 3.89. The van der Waals surface area contributed by atoms with E-state index < -0.39 is 0 Å². The normalized spacial score (nSPS) is 11.5. The number of anilines is 2. The fraction of sp³-hybridized carbons (Fsp3) is 0.310. The van der Waals surface area contributed by atoms with Crippen LogP contribution >= 0.6 is 0 Å². The molecule has 3 aromatic rings. The minimum absolute atomic E-state index is 0.141. The third-order valence-electron chi connectivity index (χ3n) is 5.91. The molecule has 0 aliphatic rings. The van der Waals surface area contributed by atoms with Crippen molar-refractivity contribution in [2.45, 2.75) is 45.6 Å². The second-order valence-electron chi connectivity index (χ2n) is 8.84. The predicted octanol–water partition coefficient (Wildman–Crippen LogP) is 6.23. The summed E-state index contributed by atoms with van der Waals surface area (Å²) in [6.07, 6.45) is 4.60. The SMILES string of the molecule is CCCCCc1ccc(C(=O)Nc2ccc(N(C)C)c(C(=O)NC(C)c3ccccc3)c2)cc1. The maximum atomic E-state index is 13.2. The third-order valence-corrected chi connectivity index (χ3v) is 5.91. The first-order valence-corrected chi connectivity index (χ1v) is 12.0. The van der Waals surface area contributed by atoms with Crippen molar-refractivity contribution < 1.29 is 9.59 Å². The molecule has 0 radical (unpaired) electrons. The van der Waals surface area contributed by atoms with Crippen LogP contribution in [0.4, 0.5) is 11.4 Å². The number of nitrogens with one attached hydrogen (secondary N) is 2. The van der Waals surface area contributed by atoms with E-state index in [9.17, 15) is 9.59 Å². The summed E-state index contributed by atoms with van der Waals surface area (Å²) in [6.45, 7) is 4.15. The summed E-state index contributed by atoms with van der Waals surface area (Å²) in [6, 6.07) is 22.9. The third kappa shape index (κ3) is 6.70. The molecular formula is C29H35N3O2. The fourth-order valence-electron chi connectivity index (χ4n) is 3.89. The van der Waals surface area contributed by atoms with E-state index in [0.29, 0.717) is 16.8 Å². The highest BCUT2D eigenvalue weighted by atomic mass is 16.2. The zero-order valence-electron chi connectivity index (χ0n) is 20.6. The number of nitrogens with zero attached hydrogens (tertiary/aromatic N) is 1. The molecule has 0 saturated carbocycles. The first-order valence-electron chi connectivity index (χ1n) is 12.0. The lowest BCUT2D eigenvalue weighted by molar-refractivity contribution is 0.0939. The van der Waals surface area contributed by atoms with Crippen molar-refractivity contribution in [1.82, 2.24) is 5.32 Å². The summed E-state index contributed by atoms with van der Waals surface area (Å²) in [7, 11) is 3.79. The molecule has 0 aromatic heterocycles. The van der Waals surface area contributed by atoms with Crippen LogP contribution in [0.25, 0.3) is 0 Å². The zero-order valence-corrected chi connectivity index (χ0v) is 20.6. The molecule has 1 atom stereocenters. The molecule has 178 valence electrons. The van der Waals surface area contributed by atoms with Gasteiger partial charge in [-0.15, -0.1) is 0 Å². The van der Waals surface area contributed by atoms with Gasteiger partial charge in [-0.1, -0.05) is 62.2 Å². The number of aryl methyl sites for hydroxylation is 1. The van der Waals surface area contributed by atoms with E-state index in [-0.39, 0.29) is 17.9 Å². The second-order valence-corrected chi connectivity index (χ2v) is 8.84. The Morgan fingerprint density at radius 1 is 0.882 bits per heavy atom. The Morgan fingerprint density at radius 3 is 2.24 bits per heavy atom. The molecule has 5 heteroatoms. The number of rotatable bonds is 10. The van der Waals surface area contributed by atoms with Gasteiger partial charge in [-0.2, -0.15) is 0 Å². The molecule has 3 aromatic carbocycles. The number of benzene rings is 3. The van der Waals surface area contributed by atoms with Gasteiger partial charge in [0.15, 0.2) is 0 Å².